The second-order valence-corrected chi connectivity index (χ2v) is 6.13. The molecule has 0 aromatic heterocycles. The average Bonchev–Trinajstić information content (AvgIpc) is 3.21. The van der Waals surface area contributed by atoms with Gasteiger partial charge in [-0.2, -0.15) is 0 Å². The van der Waals surface area contributed by atoms with Crippen molar-refractivity contribution in [1.29, 1.82) is 0 Å². The Bertz CT molecular complexity index is 563. The summed E-state index contributed by atoms with van der Waals surface area (Å²) in [6.07, 6.45) is 0.659. The second-order valence-electron chi connectivity index (χ2n) is 6.13. The van der Waals surface area contributed by atoms with Crippen LogP contribution >= 0.6 is 0 Å². The van der Waals surface area contributed by atoms with Gasteiger partial charge in [0.15, 0.2) is 0 Å². The maximum atomic E-state index is 13.8. The maximum Gasteiger partial charge on any atom is 0.226 e. The number of rotatable bonds is 2. The highest BCUT2D eigenvalue weighted by atomic mass is 19.1. The fourth-order valence-electron chi connectivity index (χ4n) is 3.19. The summed E-state index contributed by atoms with van der Waals surface area (Å²) in [6.45, 7) is 5.58. The summed E-state index contributed by atoms with van der Waals surface area (Å²) in [4.78, 5) is 14.5. The third-order valence-corrected chi connectivity index (χ3v) is 4.79. The van der Waals surface area contributed by atoms with E-state index in [0.29, 0.717) is 18.5 Å². The number of halogens is 2. The lowest BCUT2D eigenvalue weighted by atomic mass is 10.0. The molecule has 1 aliphatic carbocycles. The molecule has 0 bridgehead atoms. The van der Waals surface area contributed by atoms with Gasteiger partial charge in [0.1, 0.15) is 11.6 Å². The molecular formula is C16H20F2N2O. The molecule has 3 rings (SSSR count). The molecule has 1 N–H and O–H groups in total. The molecule has 0 radical (unpaired) electrons. The number of nitrogens with zero attached hydrogens (tertiary/aromatic N) is 1. The Balaban J connectivity index is 1.71. The van der Waals surface area contributed by atoms with Crippen molar-refractivity contribution in [3.8, 4) is 0 Å². The van der Waals surface area contributed by atoms with Crippen LogP contribution in [0.2, 0.25) is 0 Å². The number of hydrogen-bond acceptors (Lipinski definition) is 2. The highest BCUT2D eigenvalue weighted by Gasteiger charge is 2.48. The van der Waals surface area contributed by atoms with Crippen molar-refractivity contribution in [3.05, 3.63) is 35.4 Å². The standard InChI is InChI=1S/C16H20F2N2O/c1-9-10(2)20(6-5-19-9)16(21)14-8-13(14)12-4-3-11(17)7-15(12)18/h3-4,7,9-10,13-14,19H,5-6,8H2,1-2H3. The lowest BCUT2D eigenvalue weighted by Gasteiger charge is -2.38. The lowest BCUT2D eigenvalue weighted by molar-refractivity contribution is -0.136. The molecule has 1 saturated heterocycles. The number of benzene rings is 1. The van der Waals surface area contributed by atoms with E-state index in [1.807, 2.05) is 11.8 Å². The molecule has 4 atom stereocenters. The molecule has 4 unspecified atom stereocenters. The average molecular weight is 294 g/mol. The van der Waals surface area contributed by atoms with Gasteiger partial charge in [0.05, 0.1) is 0 Å². The zero-order valence-corrected chi connectivity index (χ0v) is 12.3. The topological polar surface area (TPSA) is 32.3 Å². The molecule has 1 aromatic carbocycles. The van der Waals surface area contributed by atoms with E-state index >= 15 is 0 Å². The van der Waals surface area contributed by atoms with Crippen LogP contribution in [-0.4, -0.2) is 36.0 Å². The summed E-state index contributed by atoms with van der Waals surface area (Å²) < 4.78 is 26.7. The van der Waals surface area contributed by atoms with Crippen molar-refractivity contribution in [2.24, 2.45) is 5.92 Å². The molecule has 1 heterocycles. The molecule has 3 nitrogen and oxygen atoms in total. The van der Waals surface area contributed by atoms with E-state index in [1.165, 1.54) is 12.1 Å². The minimum absolute atomic E-state index is 0.101. The minimum Gasteiger partial charge on any atom is -0.337 e. The van der Waals surface area contributed by atoms with Gasteiger partial charge in [0, 0.05) is 37.2 Å². The smallest absolute Gasteiger partial charge is 0.226 e. The van der Waals surface area contributed by atoms with E-state index in [-0.39, 0.29) is 29.8 Å². The monoisotopic (exact) mass is 294 g/mol. The second kappa shape index (κ2) is 5.37. The van der Waals surface area contributed by atoms with Crippen LogP contribution in [0.4, 0.5) is 8.78 Å². The summed E-state index contributed by atoms with van der Waals surface area (Å²) in [5.74, 6) is -1.28. The molecule has 1 saturated carbocycles. The maximum absolute atomic E-state index is 13.8. The van der Waals surface area contributed by atoms with E-state index < -0.39 is 11.6 Å². The minimum atomic E-state index is -0.579. The van der Waals surface area contributed by atoms with Crippen LogP contribution in [0, 0.1) is 17.6 Å². The SMILES string of the molecule is CC1NCCN(C(=O)C2CC2c2ccc(F)cc2F)C1C. The number of piperazine rings is 1. The Kier molecular flexibility index (Phi) is 3.69. The number of carbonyl (C=O) groups excluding carboxylic acids is 1. The first kappa shape index (κ1) is 14.4. The van der Waals surface area contributed by atoms with Crippen LogP contribution in [0.5, 0.6) is 0 Å². The molecule has 1 aliphatic heterocycles. The third kappa shape index (κ3) is 2.67. The van der Waals surface area contributed by atoms with Gasteiger partial charge in [0.25, 0.3) is 0 Å². The van der Waals surface area contributed by atoms with E-state index in [2.05, 4.69) is 12.2 Å². The molecule has 2 fully saturated rings. The molecule has 2 aliphatic rings. The van der Waals surface area contributed by atoms with E-state index in [0.717, 1.165) is 12.6 Å². The molecule has 21 heavy (non-hydrogen) atoms. The Labute approximate surface area is 123 Å². The van der Waals surface area contributed by atoms with Crippen LogP contribution in [0.25, 0.3) is 0 Å². The summed E-state index contributed by atoms with van der Waals surface area (Å²) >= 11 is 0. The third-order valence-electron chi connectivity index (χ3n) is 4.79. The predicted octanol–water partition coefficient (Wildman–Crippen LogP) is 2.28. The van der Waals surface area contributed by atoms with E-state index in [9.17, 15) is 13.6 Å². The molecule has 1 aromatic rings. The largest absolute Gasteiger partial charge is 0.337 e. The van der Waals surface area contributed by atoms with Gasteiger partial charge in [-0.05, 0) is 37.8 Å². The molecule has 1 amide bonds. The van der Waals surface area contributed by atoms with Gasteiger partial charge in [0.2, 0.25) is 5.91 Å². The highest BCUT2D eigenvalue weighted by Crippen LogP contribution is 2.49. The van der Waals surface area contributed by atoms with Gasteiger partial charge < -0.3 is 10.2 Å². The van der Waals surface area contributed by atoms with Crippen LogP contribution in [0.3, 0.4) is 0 Å². The highest BCUT2D eigenvalue weighted by molar-refractivity contribution is 5.83. The molecule has 114 valence electrons. The van der Waals surface area contributed by atoms with Crippen molar-refractivity contribution in [2.75, 3.05) is 13.1 Å². The van der Waals surface area contributed by atoms with E-state index in [4.69, 9.17) is 0 Å². The Morgan fingerprint density at radius 3 is 2.81 bits per heavy atom. The summed E-state index contributed by atoms with van der Waals surface area (Å²) in [5.41, 5.74) is 0.464. The Hall–Kier alpha value is -1.49. The predicted molar refractivity (Wildman–Crippen MR) is 75.8 cm³/mol. The van der Waals surface area contributed by atoms with Crippen LogP contribution in [0.1, 0.15) is 31.7 Å². The lowest BCUT2D eigenvalue weighted by Crippen LogP contribution is -2.57. The van der Waals surface area contributed by atoms with E-state index in [1.54, 1.807) is 0 Å². The number of carbonyl (C=O) groups is 1. The quantitative estimate of drug-likeness (QED) is 0.907. The first-order valence-electron chi connectivity index (χ1n) is 7.48. The van der Waals surface area contributed by atoms with Gasteiger partial charge in [-0.3, -0.25) is 4.79 Å². The van der Waals surface area contributed by atoms with Gasteiger partial charge in [-0.1, -0.05) is 6.07 Å². The van der Waals surface area contributed by atoms with Crippen LogP contribution in [0.15, 0.2) is 18.2 Å². The van der Waals surface area contributed by atoms with Gasteiger partial charge >= 0.3 is 0 Å². The van der Waals surface area contributed by atoms with Crippen LogP contribution in [-0.2, 0) is 4.79 Å². The zero-order valence-electron chi connectivity index (χ0n) is 12.3. The van der Waals surface area contributed by atoms with Crippen LogP contribution < -0.4 is 5.32 Å². The number of hydrogen-bond donors (Lipinski definition) is 1. The molecular weight excluding hydrogens is 274 g/mol. The van der Waals surface area contributed by atoms with Gasteiger partial charge in [-0.15, -0.1) is 0 Å². The Morgan fingerprint density at radius 2 is 2.10 bits per heavy atom. The number of amides is 1. The zero-order chi connectivity index (χ0) is 15.1. The molecule has 0 spiro atoms. The first-order valence-corrected chi connectivity index (χ1v) is 7.48. The van der Waals surface area contributed by atoms with Crippen molar-refractivity contribution in [3.63, 3.8) is 0 Å². The fraction of sp³-hybridized carbons (Fsp3) is 0.562. The number of nitrogens with one attached hydrogen (secondary N) is 1. The molecule has 5 heteroatoms. The summed E-state index contributed by atoms with van der Waals surface area (Å²) in [6, 6.07) is 4.03. The van der Waals surface area contributed by atoms with Crippen molar-refractivity contribution in [2.45, 2.75) is 38.3 Å². The van der Waals surface area contributed by atoms with Crippen molar-refractivity contribution >= 4 is 5.91 Å². The summed E-state index contributed by atoms with van der Waals surface area (Å²) in [5, 5.41) is 3.34. The van der Waals surface area contributed by atoms with Crippen molar-refractivity contribution in [1.82, 2.24) is 10.2 Å². The van der Waals surface area contributed by atoms with Gasteiger partial charge in [-0.25, -0.2) is 8.78 Å². The van der Waals surface area contributed by atoms with Crippen molar-refractivity contribution < 1.29 is 13.6 Å². The Morgan fingerprint density at radius 1 is 1.33 bits per heavy atom. The normalized spacial score (nSPS) is 32.1. The summed E-state index contributed by atoms with van der Waals surface area (Å²) in [7, 11) is 0. The fourth-order valence-corrected chi connectivity index (χ4v) is 3.19. The first-order chi connectivity index (χ1) is 9.99.